The molecule has 1 aliphatic heterocycles. The molecule has 3 rings (SSSR count). The molecule has 134 valence electrons. The van der Waals surface area contributed by atoms with Crippen LogP contribution in [0.5, 0.6) is 11.5 Å². The normalized spacial score (nSPS) is 13.2. The monoisotopic (exact) mass is 344 g/mol. The van der Waals surface area contributed by atoms with E-state index >= 15 is 0 Å². The predicted octanol–water partition coefficient (Wildman–Crippen LogP) is 2.32. The summed E-state index contributed by atoms with van der Waals surface area (Å²) in [7, 11) is 0. The number of nitrogens with one attached hydrogen (secondary N) is 2. The highest BCUT2D eigenvalue weighted by Crippen LogP contribution is 2.32. The van der Waals surface area contributed by atoms with Crippen LogP contribution in [0.4, 0.5) is 0 Å². The predicted molar refractivity (Wildman–Crippen MR) is 95.1 cm³/mol. The summed E-state index contributed by atoms with van der Waals surface area (Å²) in [6.45, 7) is 8.37. The van der Waals surface area contributed by atoms with E-state index in [0.29, 0.717) is 6.54 Å². The molecule has 0 bridgehead atoms. The topological polar surface area (TPSA) is 80.9 Å². The van der Waals surface area contributed by atoms with Gasteiger partial charge in [0.1, 0.15) is 5.76 Å². The van der Waals surface area contributed by atoms with Crippen molar-refractivity contribution in [2.24, 2.45) is 4.99 Å². The Bertz CT molecular complexity index is 735. The van der Waals surface area contributed by atoms with Gasteiger partial charge in [0.2, 0.25) is 6.79 Å². The summed E-state index contributed by atoms with van der Waals surface area (Å²) in [5.74, 6) is 3.23. The summed E-state index contributed by atoms with van der Waals surface area (Å²) >= 11 is 0. The van der Waals surface area contributed by atoms with E-state index in [1.807, 2.05) is 39.0 Å². The molecule has 0 atom stereocenters. The Hall–Kier alpha value is -2.70. The Balaban J connectivity index is 1.57. The fraction of sp³-hybridized carbons (Fsp3) is 0.444. The minimum Gasteiger partial charge on any atom is -0.454 e. The van der Waals surface area contributed by atoms with Crippen LogP contribution in [0.3, 0.4) is 0 Å². The lowest BCUT2D eigenvalue weighted by Crippen LogP contribution is -2.38. The molecular formula is C18H24N4O3. The first-order valence-corrected chi connectivity index (χ1v) is 8.50. The largest absolute Gasteiger partial charge is 0.454 e. The number of aromatic nitrogens is 1. The van der Waals surface area contributed by atoms with Crippen molar-refractivity contribution in [1.29, 1.82) is 0 Å². The summed E-state index contributed by atoms with van der Waals surface area (Å²) in [6.07, 6.45) is 0.843. The maximum absolute atomic E-state index is 5.41. The van der Waals surface area contributed by atoms with E-state index in [1.54, 1.807) is 0 Å². The van der Waals surface area contributed by atoms with Crippen molar-refractivity contribution in [2.75, 3.05) is 19.9 Å². The quantitative estimate of drug-likeness (QED) is 0.618. The summed E-state index contributed by atoms with van der Waals surface area (Å²) < 4.78 is 15.9. The number of hydrogen-bond donors (Lipinski definition) is 2. The highest BCUT2D eigenvalue weighted by molar-refractivity contribution is 5.79. The van der Waals surface area contributed by atoms with Gasteiger partial charge in [0, 0.05) is 18.7 Å². The van der Waals surface area contributed by atoms with Gasteiger partial charge in [-0.05, 0) is 44.9 Å². The molecule has 7 nitrogen and oxygen atoms in total. The second kappa shape index (κ2) is 7.92. The summed E-state index contributed by atoms with van der Waals surface area (Å²) in [4.78, 5) is 4.63. The van der Waals surface area contributed by atoms with Crippen molar-refractivity contribution < 1.29 is 14.0 Å². The third kappa shape index (κ3) is 4.23. The third-order valence-corrected chi connectivity index (χ3v) is 4.05. The Kier molecular flexibility index (Phi) is 5.42. The van der Waals surface area contributed by atoms with Crippen LogP contribution in [0.1, 0.15) is 29.5 Å². The summed E-state index contributed by atoms with van der Waals surface area (Å²) in [5.41, 5.74) is 3.17. The van der Waals surface area contributed by atoms with Gasteiger partial charge in [0.25, 0.3) is 0 Å². The molecule has 2 heterocycles. The molecule has 0 radical (unpaired) electrons. The number of hydrogen-bond acceptors (Lipinski definition) is 5. The number of aliphatic imine (C=N–C) groups is 1. The highest BCUT2D eigenvalue weighted by atomic mass is 16.7. The van der Waals surface area contributed by atoms with Crippen LogP contribution in [0.2, 0.25) is 0 Å². The Morgan fingerprint density at radius 1 is 1.20 bits per heavy atom. The number of ether oxygens (including phenoxy) is 2. The first kappa shape index (κ1) is 17.1. The first-order valence-electron chi connectivity index (χ1n) is 8.50. The average molecular weight is 344 g/mol. The standard InChI is InChI=1S/C18H24N4O3/c1-4-19-18(20-8-7-15-12(2)22-25-13(15)3)21-10-14-5-6-16-17(9-14)24-11-23-16/h5-6,9H,4,7-8,10-11H2,1-3H3,(H2,19,20,21). The fourth-order valence-corrected chi connectivity index (χ4v) is 2.72. The minimum absolute atomic E-state index is 0.286. The second-order valence-corrected chi connectivity index (χ2v) is 5.86. The zero-order chi connectivity index (χ0) is 17.6. The molecular weight excluding hydrogens is 320 g/mol. The van der Waals surface area contributed by atoms with Gasteiger partial charge in [-0.2, -0.15) is 0 Å². The number of guanidine groups is 1. The lowest BCUT2D eigenvalue weighted by atomic mass is 10.1. The number of benzene rings is 1. The molecule has 7 heteroatoms. The Morgan fingerprint density at radius 3 is 2.80 bits per heavy atom. The highest BCUT2D eigenvalue weighted by Gasteiger charge is 2.13. The molecule has 0 aliphatic carbocycles. The van der Waals surface area contributed by atoms with Gasteiger partial charge in [-0.25, -0.2) is 4.99 Å². The Labute approximate surface area is 147 Å². The van der Waals surface area contributed by atoms with Gasteiger partial charge < -0.3 is 24.6 Å². The van der Waals surface area contributed by atoms with E-state index in [2.05, 4.69) is 20.8 Å². The molecule has 2 aromatic rings. The molecule has 0 saturated carbocycles. The number of aryl methyl sites for hydroxylation is 2. The molecule has 0 fully saturated rings. The van der Waals surface area contributed by atoms with Crippen LogP contribution < -0.4 is 20.1 Å². The van der Waals surface area contributed by atoms with E-state index in [0.717, 1.165) is 59.5 Å². The first-order chi connectivity index (χ1) is 12.2. The van der Waals surface area contributed by atoms with Crippen molar-refractivity contribution in [3.8, 4) is 11.5 Å². The van der Waals surface area contributed by atoms with Crippen LogP contribution in [0.15, 0.2) is 27.7 Å². The summed E-state index contributed by atoms with van der Waals surface area (Å²) in [6, 6.07) is 5.90. The molecule has 1 aromatic carbocycles. The molecule has 0 unspecified atom stereocenters. The average Bonchev–Trinajstić information content (AvgIpc) is 3.20. The van der Waals surface area contributed by atoms with Crippen LogP contribution >= 0.6 is 0 Å². The van der Waals surface area contributed by atoms with Crippen molar-refractivity contribution in [3.63, 3.8) is 0 Å². The molecule has 0 amide bonds. The van der Waals surface area contributed by atoms with Gasteiger partial charge >= 0.3 is 0 Å². The number of rotatable bonds is 6. The maximum Gasteiger partial charge on any atom is 0.231 e. The fourth-order valence-electron chi connectivity index (χ4n) is 2.72. The van der Waals surface area contributed by atoms with Crippen LogP contribution in [-0.4, -0.2) is 31.0 Å². The molecule has 0 saturated heterocycles. The Morgan fingerprint density at radius 2 is 2.04 bits per heavy atom. The van der Waals surface area contributed by atoms with Crippen molar-refractivity contribution in [1.82, 2.24) is 15.8 Å². The SMILES string of the molecule is CCNC(=NCc1ccc2c(c1)OCO2)NCCc1c(C)noc1C. The van der Waals surface area contributed by atoms with E-state index in [1.165, 1.54) is 0 Å². The van der Waals surface area contributed by atoms with Crippen molar-refractivity contribution in [2.45, 2.75) is 33.7 Å². The van der Waals surface area contributed by atoms with Gasteiger partial charge in [-0.3, -0.25) is 0 Å². The van der Waals surface area contributed by atoms with E-state index in [9.17, 15) is 0 Å². The maximum atomic E-state index is 5.41. The third-order valence-electron chi connectivity index (χ3n) is 4.05. The van der Waals surface area contributed by atoms with Gasteiger partial charge in [-0.1, -0.05) is 11.2 Å². The minimum atomic E-state index is 0.286. The lowest BCUT2D eigenvalue weighted by molar-refractivity contribution is 0.174. The molecule has 1 aliphatic rings. The number of nitrogens with zero attached hydrogens (tertiary/aromatic N) is 2. The smallest absolute Gasteiger partial charge is 0.231 e. The van der Waals surface area contributed by atoms with Crippen LogP contribution in [-0.2, 0) is 13.0 Å². The number of fused-ring (bicyclic) bond motifs is 1. The van der Waals surface area contributed by atoms with Crippen molar-refractivity contribution >= 4 is 5.96 Å². The lowest BCUT2D eigenvalue weighted by Gasteiger charge is -2.11. The van der Waals surface area contributed by atoms with Crippen LogP contribution in [0.25, 0.3) is 0 Å². The van der Waals surface area contributed by atoms with Crippen LogP contribution in [0, 0.1) is 13.8 Å². The molecule has 2 N–H and O–H groups in total. The molecule has 1 aromatic heterocycles. The summed E-state index contributed by atoms with van der Waals surface area (Å²) in [5, 5.41) is 10.6. The van der Waals surface area contributed by atoms with E-state index in [4.69, 9.17) is 14.0 Å². The van der Waals surface area contributed by atoms with Gasteiger partial charge in [-0.15, -0.1) is 0 Å². The van der Waals surface area contributed by atoms with E-state index < -0.39 is 0 Å². The zero-order valence-electron chi connectivity index (χ0n) is 14.9. The van der Waals surface area contributed by atoms with E-state index in [-0.39, 0.29) is 6.79 Å². The molecule has 0 spiro atoms. The molecule has 25 heavy (non-hydrogen) atoms. The van der Waals surface area contributed by atoms with Crippen molar-refractivity contribution in [3.05, 3.63) is 40.8 Å². The zero-order valence-corrected chi connectivity index (χ0v) is 14.9. The van der Waals surface area contributed by atoms with Gasteiger partial charge in [0.05, 0.1) is 12.2 Å². The van der Waals surface area contributed by atoms with Gasteiger partial charge in [0.15, 0.2) is 17.5 Å². The second-order valence-electron chi connectivity index (χ2n) is 5.86.